The van der Waals surface area contributed by atoms with Crippen molar-refractivity contribution >= 4 is 17.6 Å². The fourth-order valence-electron chi connectivity index (χ4n) is 3.31. The van der Waals surface area contributed by atoms with Gasteiger partial charge >= 0.3 is 6.03 Å². The van der Waals surface area contributed by atoms with Crippen LogP contribution in [-0.4, -0.2) is 33.4 Å². The molecule has 1 aromatic carbocycles. The average Bonchev–Trinajstić information content (AvgIpc) is 2.99. The first-order valence-electron chi connectivity index (χ1n) is 9.90. The molecule has 28 heavy (non-hydrogen) atoms. The van der Waals surface area contributed by atoms with Gasteiger partial charge in [0.25, 0.3) is 0 Å². The number of anilines is 1. The molecular weight excluding hydrogens is 356 g/mol. The Kier molecular flexibility index (Phi) is 6.02. The van der Waals surface area contributed by atoms with E-state index < -0.39 is 0 Å². The van der Waals surface area contributed by atoms with Crippen LogP contribution in [0.1, 0.15) is 58.1 Å². The largest absolute Gasteiger partial charge is 0.507 e. The Bertz CT molecular complexity index is 869. The van der Waals surface area contributed by atoms with E-state index in [1.165, 1.54) is 10.7 Å². The lowest BCUT2D eigenvalue weighted by Gasteiger charge is -2.25. The van der Waals surface area contributed by atoms with Gasteiger partial charge in [-0.1, -0.05) is 20.3 Å². The van der Waals surface area contributed by atoms with E-state index >= 15 is 0 Å². The Balaban J connectivity index is 1.93. The lowest BCUT2D eigenvalue weighted by Crippen LogP contribution is -2.31. The van der Waals surface area contributed by atoms with E-state index in [1.807, 2.05) is 26.8 Å². The van der Waals surface area contributed by atoms with Gasteiger partial charge in [0.05, 0.1) is 11.4 Å². The zero-order chi connectivity index (χ0) is 20.3. The van der Waals surface area contributed by atoms with Crippen LogP contribution in [0.2, 0.25) is 0 Å². The molecule has 1 aliphatic carbocycles. The molecule has 1 aromatic heterocycles. The van der Waals surface area contributed by atoms with Crippen LogP contribution in [0.15, 0.2) is 24.3 Å². The maximum absolute atomic E-state index is 12.4. The number of amides is 2. The molecular formula is C21H28N4O3. The molecule has 0 aliphatic heterocycles. The SMILES string of the molecule is CCNC(=O)n1nc(-c2cc(NC(=O)CC(C)C)ccc2O)cc1C1CCC1. The Morgan fingerprint density at radius 3 is 2.64 bits per heavy atom. The average molecular weight is 384 g/mol. The third kappa shape index (κ3) is 4.35. The van der Waals surface area contributed by atoms with Gasteiger partial charge in [-0.25, -0.2) is 4.79 Å². The van der Waals surface area contributed by atoms with Crippen molar-refractivity contribution in [3.63, 3.8) is 0 Å². The summed E-state index contributed by atoms with van der Waals surface area (Å²) >= 11 is 0. The van der Waals surface area contributed by atoms with Crippen LogP contribution >= 0.6 is 0 Å². The lowest BCUT2D eigenvalue weighted by atomic mass is 9.82. The van der Waals surface area contributed by atoms with E-state index in [0.29, 0.717) is 35.8 Å². The molecule has 150 valence electrons. The molecule has 7 heteroatoms. The first kappa shape index (κ1) is 19.9. The summed E-state index contributed by atoms with van der Waals surface area (Å²) in [6.45, 7) is 6.34. The molecule has 1 heterocycles. The van der Waals surface area contributed by atoms with Crippen LogP contribution in [0, 0.1) is 5.92 Å². The fraction of sp³-hybridized carbons (Fsp3) is 0.476. The summed E-state index contributed by atoms with van der Waals surface area (Å²) in [5.41, 5.74) is 2.47. The molecule has 1 aliphatic rings. The van der Waals surface area contributed by atoms with E-state index in [1.54, 1.807) is 12.1 Å². The first-order valence-corrected chi connectivity index (χ1v) is 9.90. The molecule has 0 unspecified atom stereocenters. The molecule has 0 radical (unpaired) electrons. The number of carbonyl (C=O) groups is 2. The van der Waals surface area contributed by atoms with Gasteiger partial charge < -0.3 is 15.7 Å². The highest BCUT2D eigenvalue weighted by Gasteiger charge is 2.27. The Morgan fingerprint density at radius 1 is 1.29 bits per heavy atom. The van der Waals surface area contributed by atoms with Gasteiger partial charge in [-0.05, 0) is 49.9 Å². The van der Waals surface area contributed by atoms with Gasteiger partial charge in [-0.15, -0.1) is 0 Å². The molecule has 0 bridgehead atoms. The lowest BCUT2D eigenvalue weighted by molar-refractivity contribution is -0.116. The highest BCUT2D eigenvalue weighted by Crippen LogP contribution is 2.39. The smallest absolute Gasteiger partial charge is 0.342 e. The van der Waals surface area contributed by atoms with Crippen molar-refractivity contribution < 1.29 is 14.7 Å². The summed E-state index contributed by atoms with van der Waals surface area (Å²) in [7, 11) is 0. The molecule has 0 saturated heterocycles. The van der Waals surface area contributed by atoms with E-state index in [4.69, 9.17) is 0 Å². The summed E-state index contributed by atoms with van der Waals surface area (Å²) in [5.74, 6) is 0.548. The second-order valence-electron chi connectivity index (χ2n) is 7.71. The van der Waals surface area contributed by atoms with E-state index in [9.17, 15) is 14.7 Å². The normalized spacial score (nSPS) is 14.0. The predicted molar refractivity (Wildman–Crippen MR) is 108 cm³/mol. The maximum atomic E-state index is 12.4. The summed E-state index contributed by atoms with van der Waals surface area (Å²) in [6.07, 6.45) is 3.63. The van der Waals surface area contributed by atoms with Crippen molar-refractivity contribution in [2.24, 2.45) is 5.92 Å². The molecule has 2 aromatic rings. The number of nitrogens with zero attached hydrogens (tertiary/aromatic N) is 2. The highest BCUT2D eigenvalue weighted by molar-refractivity contribution is 5.92. The van der Waals surface area contributed by atoms with Crippen molar-refractivity contribution in [1.82, 2.24) is 15.1 Å². The third-order valence-corrected chi connectivity index (χ3v) is 4.93. The fourth-order valence-corrected chi connectivity index (χ4v) is 3.31. The number of hydrogen-bond donors (Lipinski definition) is 3. The second-order valence-corrected chi connectivity index (χ2v) is 7.71. The van der Waals surface area contributed by atoms with Gasteiger partial charge in [0.1, 0.15) is 5.75 Å². The highest BCUT2D eigenvalue weighted by atomic mass is 16.3. The quantitative estimate of drug-likeness (QED) is 0.654. The van der Waals surface area contributed by atoms with E-state index in [-0.39, 0.29) is 23.6 Å². The Labute approximate surface area is 165 Å². The minimum Gasteiger partial charge on any atom is -0.507 e. The van der Waals surface area contributed by atoms with Crippen molar-refractivity contribution in [3.05, 3.63) is 30.0 Å². The van der Waals surface area contributed by atoms with Crippen LogP contribution in [0.25, 0.3) is 11.3 Å². The number of phenols is 1. The summed E-state index contributed by atoms with van der Waals surface area (Å²) < 4.78 is 1.41. The molecule has 1 saturated carbocycles. The second kappa shape index (κ2) is 8.46. The topological polar surface area (TPSA) is 96.3 Å². The number of aromatic hydroxyl groups is 1. The van der Waals surface area contributed by atoms with Crippen molar-refractivity contribution in [2.75, 3.05) is 11.9 Å². The first-order chi connectivity index (χ1) is 13.4. The van der Waals surface area contributed by atoms with Crippen LogP contribution < -0.4 is 10.6 Å². The van der Waals surface area contributed by atoms with Crippen molar-refractivity contribution in [3.8, 4) is 17.0 Å². The van der Waals surface area contributed by atoms with Crippen LogP contribution in [0.3, 0.4) is 0 Å². The van der Waals surface area contributed by atoms with Crippen molar-refractivity contribution in [1.29, 1.82) is 0 Å². The third-order valence-electron chi connectivity index (χ3n) is 4.93. The Hall–Kier alpha value is -2.83. The summed E-state index contributed by atoms with van der Waals surface area (Å²) in [6, 6.07) is 6.49. The minimum absolute atomic E-state index is 0.0579. The van der Waals surface area contributed by atoms with Gasteiger partial charge in [-0.2, -0.15) is 9.78 Å². The molecule has 3 rings (SSSR count). The van der Waals surface area contributed by atoms with Gasteiger partial charge in [-0.3, -0.25) is 4.79 Å². The number of phenolic OH excluding ortho intramolecular Hbond substituents is 1. The van der Waals surface area contributed by atoms with Crippen molar-refractivity contribution in [2.45, 2.75) is 52.4 Å². The van der Waals surface area contributed by atoms with Crippen LogP contribution in [0.5, 0.6) is 5.75 Å². The molecule has 2 amide bonds. The number of carbonyl (C=O) groups excluding carboxylic acids is 2. The summed E-state index contributed by atoms with van der Waals surface area (Å²) in [4.78, 5) is 24.5. The molecule has 0 spiro atoms. The summed E-state index contributed by atoms with van der Waals surface area (Å²) in [5, 5.41) is 20.5. The van der Waals surface area contributed by atoms with Crippen LogP contribution in [0.4, 0.5) is 10.5 Å². The van der Waals surface area contributed by atoms with Crippen LogP contribution in [-0.2, 0) is 4.79 Å². The molecule has 7 nitrogen and oxygen atoms in total. The Morgan fingerprint density at radius 2 is 2.04 bits per heavy atom. The standard InChI is InChI=1S/C21H28N4O3/c1-4-22-21(28)25-18(14-6-5-7-14)12-17(24-25)16-11-15(8-9-19(16)26)23-20(27)10-13(2)3/h8-9,11-14,26H,4-7,10H2,1-3H3,(H,22,28)(H,23,27). The van der Waals surface area contributed by atoms with Gasteiger partial charge in [0.15, 0.2) is 0 Å². The molecule has 1 fully saturated rings. The molecule has 0 atom stereocenters. The number of rotatable bonds is 6. The van der Waals surface area contributed by atoms with Gasteiger partial charge in [0.2, 0.25) is 5.91 Å². The van der Waals surface area contributed by atoms with E-state index in [2.05, 4.69) is 15.7 Å². The number of hydrogen-bond acceptors (Lipinski definition) is 4. The van der Waals surface area contributed by atoms with Gasteiger partial charge in [0, 0.05) is 30.1 Å². The molecule has 3 N–H and O–H groups in total. The number of nitrogens with one attached hydrogen (secondary N) is 2. The number of aromatic nitrogens is 2. The van der Waals surface area contributed by atoms with E-state index in [0.717, 1.165) is 25.0 Å². The monoisotopic (exact) mass is 384 g/mol. The maximum Gasteiger partial charge on any atom is 0.342 e. The zero-order valence-electron chi connectivity index (χ0n) is 16.7. The minimum atomic E-state index is -0.267. The predicted octanol–water partition coefficient (Wildman–Crippen LogP) is 4.09. The number of benzene rings is 1. The zero-order valence-corrected chi connectivity index (χ0v) is 16.7.